The van der Waals surface area contributed by atoms with E-state index in [2.05, 4.69) is 35.4 Å². The van der Waals surface area contributed by atoms with E-state index in [0.29, 0.717) is 31.1 Å². The fourth-order valence-corrected chi connectivity index (χ4v) is 10.6. The molecule has 0 spiro atoms. The van der Waals surface area contributed by atoms with Gasteiger partial charge in [0.15, 0.2) is 0 Å². The van der Waals surface area contributed by atoms with Crippen LogP contribution in [-0.2, 0) is 54.0 Å². The first-order valence-electron chi connectivity index (χ1n) is 21.8. The maximum atomic E-state index is 13.0. The SMILES string of the molecule is CCN(CC(=O)O)C(=O)c1ccc2c(c1)c1c(n2C)CCC(C2CCOCC2)C1.CCN(CC(C)O)C(=O)c1ccc2c(c1)c1c(n2C)CCC(C2CCOCC2)C1. The number of ether oxygens (including phenoxy) is 2. The summed E-state index contributed by atoms with van der Waals surface area (Å²) in [6, 6.07) is 12.0. The summed E-state index contributed by atoms with van der Waals surface area (Å²) in [4.78, 5) is 40.1. The molecule has 2 aromatic carbocycles. The van der Waals surface area contributed by atoms with Crippen molar-refractivity contribution in [1.82, 2.24) is 18.9 Å². The number of carboxylic acid groups (broad SMARTS) is 1. The monoisotopic (exact) mass is 796 g/mol. The number of aryl methyl sites for hydroxylation is 2. The molecule has 2 aliphatic heterocycles. The standard InChI is InChI=1S/C24H34N2O3.C23H30N2O4/c1-4-26(15-16(2)27)24(28)19-6-8-23-21(14-19)20-13-18(5-7-22(20)25(23)3)17-9-11-29-12-10-17;1-3-25(14-22(26)27)23(28)17-5-7-21-19(13-17)18-12-16(4-6-20(18)24(21)2)15-8-10-29-11-9-15/h6,8,14,16-18,27H,4-5,7,9-13,15H2,1-3H3;5,7,13,15-16H,3-4,6,8-12,14H2,1-2H3,(H,26,27). The highest BCUT2D eigenvalue weighted by Crippen LogP contribution is 2.41. The predicted molar refractivity (Wildman–Crippen MR) is 226 cm³/mol. The van der Waals surface area contributed by atoms with E-state index in [-0.39, 0.29) is 18.4 Å². The van der Waals surface area contributed by atoms with Gasteiger partial charge >= 0.3 is 5.97 Å². The molecule has 2 amide bonds. The summed E-state index contributed by atoms with van der Waals surface area (Å²) in [5.41, 5.74) is 9.30. The Labute approximate surface area is 343 Å². The molecule has 4 heterocycles. The first-order chi connectivity index (χ1) is 28.0. The largest absolute Gasteiger partial charge is 0.480 e. The van der Waals surface area contributed by atoms with E-state index >= 15 is 0 Å². The predicted octanol–water partition coefficient (Wildman–Crippen LogP) is 6.81. The molecule has 8 rings (SSSR count). The normalized spacial score (nSPS) is 20.5. The lowest BCUT2D eigenvalue weighted by atomic mass is 9.75. The van der Waals surface area contributed by atoms with E-state index in [1.165, 1.54) is 64.0 Å². The molecule has 11 nitrogen and oxygen atoms in total. The molecule has 2 saturated heterocycles. The van der Waals surface area contributed by atoms with Gasteiger partial charge in [-0.3, -0.25) is 14.4 Å². The number of carbonyl (C=O) groups is 3. The lowest BCUT2D eigenvalue weighted by Gasteiger charge is -2.33. The lowest BCUT2D eigenvalue weighted by molar-refractivity contribution is -0.137. The number of aromatic nitrogens is 2. The van der Waals surface area contributed by atoms with Gasteiger partial charge in [-0.2, -0.15) is 0 Å². The topological polar surface area (TPSA) is 126 Å². The van der Waals surface area contributed by atoms with Crippen molar-refractivity contribution in [3.8, 4) is 0 Å². The van der Waals surface area contributed by atoms with Gasteiger partial charge in [-0.15, -0.1) is 0 Å². The second-order valence-corrected chi connectivity index (χ2v) is 17.2. The lowest BCUT2D eigenvalue weighted by Crippen LogP contribution is -2.36. The number of aliphatic hydroxyl groups excluding tert-OH is 1. The number of nitrogens with zero attached hydrogens (tertiary/aromatic N) is 4. The number of carboxylic acids is 1. The Morgan fingerprint density at radius 3 is 1.52 bits per heavy atom. The molecule has 4 aromatic rings. The van der Waals surface area contributed by atoms with Crippen LogP contribution in [0, 0.1) is 23.7 Å². The van der Waals surface area contributed by atoms with Crippen molar-refractivity contribution in [2.24, 2.45) is 37.8 Å². The number of rotatable bonds is 10. The molecular weight excluding hydrogens is 733 g/mol. The molecule has 4 aliphatic rings. The number of benzene rings is 2. The third-order valence-electron chi connectivity index (χ3n) is 13.8. The van der Waals surface area contributed by atoms with Crippen LogP contribution in [0.25, 0.3) is 21.8 Å². The fourth-order valence-electron chi connectivity index (χ4n) is 10.6. The Balaban J connectivity index is 0.000000177. The van der Waals surface area contributed by atoms with Gasteiger partial charge in [0.25, 0.3) is 11.8 Å². The molecule has 58 heavy (non-hydrogen) atoms. The summed E-state index contributed by atoms with van der Waals surface area (Å²) in [6.07, 6.45) is 11.0. The summed E-state index contributed by atoms with van der Waals surface area (Å²) in [5, 5.41) is 21.2. The number of aliphatic carboxylic acids is 1. The minimum Gasteiger partial charge on any atom is -0.480 e. The van der Waals surface area contributed by atoms with Crippen molar-refractivity contribution in [3.05, 3.63) is 70.0 Å². The van der Waals surface area contributed by atoms with Crippen LogP contribution in [0.5, 0.6) is 0 Å². The highest BCUT2D eigenvalue weighted by molar-refractivity contribution is 6.01. The summed E-state index contributed by atoms with van der Waals surface area (Å²) >= 11 is 0. The van der Waals surface area contributed by atoms with Crippen LogP contribution in [0.3, 0.4) is 0 Å². The highest BCUT2D eigenvalue weighted by Gasteiger charge is 2.33. The van der Waals surface area contributed by atoms with Gasteiger partial charge in [-0.1, -0.05) is 0 Å². The molecule has 3 atom stereocenters. The van der Waals surface area contributed by atoms with E-state index in [1.807, 2.05) is 38.1 Å². The molecule has 3 unspecified atom stereocenters. The van der Waals surface area contributed by atoms with Gasteiger partial charge in [-0.05, 0) is 156 Å². The molecule has 2 aromatic heterocycles. The minimum atomic E-state index is -0.988. The molecule has 2 N–H and O–H groups in total. The van der Waals surface area contributed by atoms with Crippen LogP contribution in [0.15, 0.2) is 36.4 Å². The number of amides is 2. The van der Waals surface area contributed by atoms with Gasteiger partial charge in [0, 0.05) is 104 Å². The average molecular weight is 797 g/mol. The quantitative estimate of drug-likeness (QED) is 0.181. The van der Waals surface area contributed by atoms with E-state index in [0.717, 1.165) is 99.2 Å². The van der Waals surface area contributed by atoms with Gasteiger partial charge in [0.1, 0.15) is 6.54 Å². The Hall–Kier alpha value is -4.19. The molecule has 11 heteroatoms. The zero-order chi connectivity index (χ0) is 41.1. The van der Waals surface area contributed by atoms with Crippen LogP contribution < -0.4 is 0 Å². The van der Waals surface area contributed by atoms with Crippen LogP contribution in [0.4, 0.5) is 0 Å². The molecule has 0 radical (unpaired) electrons. The zero-order valence-electron chi connectivity index (χ0n) is 35.3. The molecule has 2 fully saturated rings. The van der Waals surface area contributed by atoms with Gasteiger partial charge in [0.05, 0.1) is 6.10 Å². The maximum Gasteiger partial charge on any atom is 0.323 e. The summed E-state index contributed by atoms with van der Waals surface area (Å²) < 4.78 is 15.7. The van der Waals surface area contributed by atoms with Gasteiger partial charge in [0.2, 0.25) is 0 Å². The first-order valence-corrected chi connectivity index (χ1v) is 21.8. The van der Waals surface area contributed by atoms with Crippen LogP contribution in [0.2, 0.25) is 0 Å². The van der Waals surface area contributed by atoms with Crippen molar-refractivity contribution in [2.75, 3.05) is 52.6 Å². The van der Waals surface area contributed by atoms with Crippen molar-refractivity contribution in [1.29, 1.82) is 0 Å². The number of hydrogen-bond donors (Lipinski definition) is 2. The summed E-state index contributed by atoms with van der Waals surface area (Å²) in [5.74, 6) is 1.68. The second-order valence-electron chi connectivity index (χ2n) is 17.2. The Morgan fingerprint density at radius 1 is 0.690 bits per heavy atom. The van der Waals surface area contributed by atoms with Crippen molar-refractivity contribution in [2.45, 2.75) is 91.1 Å². The summed E-state index contributed by atoms with van der Waals surface area (Å²) in [7, 11) is 4.27. The van der Waals surface area contributed by atoms with E-state index in [1.54, 1.807) is 11.8 Å². The average Bonchev–Trinajstić information content (AvgIpc) is 3.70. The van der Waals surface area contributed by atoms with E-state index < -0.39 is 12.1 Å². The van der Waals surface area contributed by atoms with E-state index in [4.69, 9.17) is 14.6 Å². The Bertz CT molecular complexity index is 2100. The third kappa shape index (κ3) is 8.73. The molecular formula is C47H64N4O7. The second kappa shape index (κ2) is 18.4. The van der Waals surface area contributed by atoms with E-state index in [9.17, 15) is 19.5 Å². The van der Waals surface area contributed by atoms with Gasteiger partial charge < -0.3 is 38.6 Å². The van der Waals surface area contributed by atoms with Crippen LogP contribution >= 0.6 is 0 Å². The number of hydrogen-bond acceptors (Lipinski definition) is 6. The van der Waals surface area contributed by atoms with Crippen molar-refractivity contribution < 1.29 is 34.1 Å². The number of carbonyl (C=O) groups excluding carboxylic acids is 2. The summed E-state index contributed by atoms with van der Waals surface area (Å²) in [6.45, 7) is 10.1. The number of likely N-dealkylation sites (N-methyl/N-ethyl adjacent to an activating group) is 2. The maximum absolute atomic E-state index is 13.0. The molecule has 0 saturated carbocycles. The Morgan fingerprint density at radius 2 is 1.12 bits per heavy atom. The number of fused-ring (bicyclic) bond motifs is 6. The first kappa shape index (κ1) is 42.0. The minimum absolute atomic E-state index is 0.00434. The third-order valence-corrected chi connectivity index (χ3v) is 13.8. The fraction of sp³-hybridized carbons (Fsp3) is 0.596. The van der Waals surface area contributed by atoms with Crippen molar-refractivity contribution >= 4 is 39.6 Å². The van der Waals surface area contributed by atoms with Crippen LogP contribution in [0.1, 0.15) is 103 Å². The highest BCUT2D eigenvalue weighted by atomic mass is 16.5. The smallest absolute Gasteiger partial charge is 0.323 e. The molecule has 2 aliphatic carbocycles. The van der Waals surface area contributed by atoms with Crippen molar-refractivity contribution in [3.63, 3.8) is 0 Å². The zero-order valence-corrected chi connectivity index (χ0v) is 35.3. The number of aliphatic hydroxyl groups is 1. The molecule has 314 valence electrons. The molecule has 0 bridgehead atoms. The van der Waals surface area contributed by atoms with Crippen LogP contribution in [-0.4, -0.2) is 106 Å². The Kier molecular flexibility index (Phi) is 13.3. The van der Waals surface area contributed by atoms with Gasteiger partial charge in [-0.25, -0.2) is 0 Å².